The van der Waals surface area contributed by atoms with E-state index in [-0.39, 0.29) is 6.61 Å². The van der Waals surface area contributed by atoms with Crippen LogP contribution in [0.4, 0.5) is 0 Å². The molecule has 1 atom stereocenters. The van der Waals surface area contributed by atoms with E-state index in [0.29, 0.717) is 12.5 Å². The van der Waals surface area contributed by atoms with Gasteiger partial charge >= 0.3 is 0 Å². The summed E-state index contributed by atoms with van der Waals surface area (Å²) < 4.78 is 7.35. The SMILES string of the molecule is CC(C)c1ccc(OC[C@H](O)Cn2nnc3ccccc32)cc1. The molecule has 0 aliphatic carbocycles. The summed E-state index contributed by atoms with van der Waals surface area (Å²) >= 11 is 0. The minimum atomic E-state index is -0.648. The van der Waals surface area contributed by atoms with Crippen molar-refractivity contribution in [2.45, 2.75) is 32.4 Å². The minimum Gasteiger partial charge on any atom is -0.491 e. The van der Waals surface area contributed by atoms with E-state index in [1.165, 1.54) is 5.56 Å². The molecule has 0 amide bonds. The number of hydrogen-bond donors (Lipinski definition) is 1. The van der Waals surface area contributed by atoms with Crippen molar-refractivity contribution < 1.29 is 9.84 Å². The van der Waals surface area contributed by atoms with Gasteiger partial charge in [0.2, 0.25) is 0 Å². The highest BCUT2D eigenvalue weighted by atomic mass is 16.5. The van der Waals surface area contributed by atoms with Gasteiger partial charge in [0.1, 0.15) is 24.0 Å². The number of aliphatic hydroxyl groups excluding tert-OH is 1. The van der Waals surface area contributed by atoms with E-state index in [2.05, 4.69) is 36.3 Å². The first-order valence-corrected chi connectivity index (χ1v) is 7.82. The largest absolute Gasteiger partial charge is 0.491 e. The average molecular weight is 311 g/mol. The molecule has 1 heterocycles. The van der Waals surface area contributed by atoms with Crippen molar-refractivity contribution in [3.63, 3.8) is 0 Å². The van der Waals surface area contributed by atoms with Gasteiger partial charge in [-0.05, 0) is 35.7 Å². The number of para-hydroxylation sites is 1. The van der Waals surface area contributed by atoms with Crippen LogP contribution in [0.3, 0.4) is 0 Å². The number of ether oxygens (including phenoxy) is 1. The Morgan fingerprint density at radius 3 is 2.57 bits per heavy atom. The van der Waals surface area contributed by atoms with Gasteiger partial charge in [0.05, 0.1) is 12.1 Å². The second-order valence-electron chi connectivity index (χ2n) is 5.95. The second-order valence-corrected chi connectivity index (χ2v) is 5.95. The molecule has 0 saturated carbocycles. The zero-order valence-electron chi connectivity index (χ0n) is 13.4. The molecule has 120 valence electrons. The van der Waals surface area contributed by atoms with Gasteiger partial charge in [0.25, 0.3) is 0 Å². The number of nitrogens with zero attached hydrogens (tertiary/aromatic N) is 3. The van der Waals surface area contributed by atoms with Crippen molar-refractivity contribution in [2.75, 3.05) is 6.61 Å². The van der Waals surface area contributed by atoms with Gasteiger partial charge in [-0.25, -0.2) is 4.68 Å². The molecule has 0 aliphatic rings. The van der Waals surface area contributed by atoms with E-state index in [1.807, 2.05) is 36.4 Å². The lowest BCUT2D eigenvalue weighted by Crippen LogP contribution is -2.24. The maximum atomic E-state index is 10.2. The Bertz CT molecular complexity index is 765. The third-order valence-electron chi connectivity index (χ3n) is 3.79. The Hall–Kier alpha value is -2.40. The number of benzene rings is 2. The average Bonchev–Trinajstić information content (AvgIpc) is 2.96. The Morgan fingerprint density at radius 2 is 1.83 bits per heavy atom. The molecular formula is C18H21N3O2. The van der Waals surface area contributed by atoms with Crippen LogP contribution in [0.1, 0.15) is 25.3 Å². The molecule has 3 rings (SSSR count). The molecule has 3 aromatic rings. The summed E-state index contributed by atoms with van der Waals surface area (Å²) in [5.74, 6) is 1.26. The lowest BCUT2D eigenvalue weighted by atomic mass is 10.0. The number of rotatable bonds is 6. The summed E-state index contributed by atoms with van der Waals surface area (Å²) in [6, 6.07) is 15.7. The summed E-state index contributed by atoms with van der Waals surface area (Å²) in [4.78, 5) is 0. The van der Waals surface area contributed by atoms with Gasteiger partial charge in [-0.1, -0.05) is 43.3 Å². The highest BCUT2D eigenvalue weighted by Gasteiger charge is 2.10. The molecule has 0 fully saturated rings. The van der Waals surface area contributed by atoms with E-state index >= 15 is 0 Å². The predicted molar refractivity (Wildman–Crippen MR) is 89.6 cm³/mol. The molecule has 0 bridgehead atoms. The Kier molecular flexibility index (Phi) is 4.57. The zero-order valence-corrected chi connectivity index (χ0v) is 13.4. The smallest absolute Gasteiger partial charge is 0.119 e. The van der Waals surface area contributed by atoms with E-state index < -0.39 is 6.10 Å². The number of aliphatic hydroxyl groups is 1. The first-order valence-electron chi connectivity index (χ1n) is 7.82. The third kappa shape index (κ3) is 3.68. The van der Waals surface area contributed by atoms with Crippen LogP contribution in [0, 0.1) is 0 Å². The topological polar surface area (TPSA) is 60.2 Å². The van der Waals surface area contributed by atoms with Crippen molar-refractivity contribution in [3.05, 3.63) is 54.1 Å². The van der Waals surface area contributed by atoms with Crippen LogP contribution in [0.2, 0.25) is 0 Å². The third-order valence-corrected chi connectivity index (χ3v) is 3.79. The molecular weight excluding hydrogens is 290 g/mol. The normalized spacial score (nSPS) is 12.7. The van der Waals surface area contributed by atoms with Crippen LogP contribution < -0.4 is 4.74 Å². The van der Waals surface area contributed by atoms with Gasteiger partial charge in [0, 0.05) is 0 Å². The molecule has 5 nitrogen and oxygen atoms in total. The van der Waals surface area contributed by atoms with Gasteiger partial charge in [-0.3, -0.25) is 0 Å². The van der Waals surface area contributed by atoms with Crippen LogP contribution in [-0.4, -0.2) is 32.8 Å². The summed E-state index contributed by atoms with van der Waals surface area (Å²) in [6.07, 6.45) is -0.648. The molecule has 1 N–H and O–H groups in total. The fourth-order valence-corrected chi connectivity index (χ4v) is 2.45. The second kappa shape index (κ2) is 6.79. The molecule has 0 unspecified atom stereocenters. The predicted octanol–water partition coefficient (Wildman–Crippen LogP) is 2.99. The molecule has 0 radical (unpaired) electrons. The first-order chi connectivity index (χ1) is 11.1. The lowest BCUT2D eigenvalue weighted by molar-refractivity contribution is 0.0899. The fourth-order valence-electron chi connectivity index (χ4n) is 2.45. The van der Waals surface area contributed by atoms with E-state index in [0.717, 1.165) is 16.8 Å². The Morgan fingerprint density at radius 1 is 1.09 bits per heavy atom. The number of hydrogen-bond acceptors (Lipinski definition) is 4. The summed E-state index contributed by atoms with van der Waals surface area (Å²) in [7, 11) is 0. The van der Waals surface area contributed by atoms with Crippen LogP contribution in [0.15, 0.2) is 48.5 Å². The van der Waals surface area contributed by atoms with E-state index in [9.17, 15) is 5.11 Å². The Labute approximate surface area is 135 Å². The van der Waals surface area contributed by atoms with Crippen molar-refractivity contribution >= 4 is 11.0 Å². The number of aromatic nitrogens is 3. The van der Waals surface area contributed by atoms with Gasteiger partial charge < -0.3 is 9.84 Å². The van der Waals surface area contributed by atoms with Crippen molar-refractivity contribution in [1.82, 2.24) is 15.0 Å². The summed E-state index contributed by atoms with van der Waals surface area (Å²) in [5.41, 5.74) is 3.00. The first kappa shape index (κ1) is 15.5. The van der Waals surface area contributed by atoms with Crippen LogP contribution in [0.25, 0.3) is 11.0 Å². The van der Waals surface area contributed by atoms with E-state index in [1.54, 1.807) is 4.68 Å². The zero-order chi connectivity index (χ0) is 16.2. The molecule has 0 aliphatic heterocycles. The molecule has 23 heavy (non-hydrogen) atoms. The lowest BCUT2D eigenvalue weighted by Gasteiger charge is -2.13. The number of fused-ring (bicyclic) bond motifs is 1. The van der Waals surface area contributed by atoms with Gasteiger partial charge in [-0.2, -0.15) is 0 Å². The fraction of sp³-hybridized carbons (Fsp3) is 0.333. The molecule has 5 heteroatoms. The van der Waals surface area contributed by atoms with Crippen molar-refractivity contribution in [3.8, 4) is 5.75 Å². The molecule has 2 aromatic carbocycles. The Balaban J connectivity index is 1.58. The standard InChI is InChI=1S/C18H21N3O2/c1-13(2)14-7-9-16(10-8-14)23-12-15(22)11-21-18-6-4-3-5-17(18)19-20-21/h3-10,13,15,22H,11-12H2,1-2H3/t15-/m1/s1. The quantitative estimate of drug-likeness (QED) is 0.760. The summed E-state index contributed by atoms with van der Waals surface area (Å²) in [6.45, 7) is 4.88. The monoisotopic (exact) mass is 311 g/mol. The van der Waals surface area contributed by atoms with Crippen LogP contribution >= 0.6 is 0 Å². The molecule has 0 spiro atoms. The van der Waals surface area contributed by atoms with Crippen LogP contribution in [-0.2, 0) is 6.54 Å². The van der Waals surface area contributed by atoms with Gasteiger partial charge in [-0.15, -0.1) is 5.10 Å². The molecule has 1 aromatic heterocycles. The maximum absolute atomic E-state index is 10.2. The van der Waals surface area contributed by atoms with Crippen molar-refractivity contribution in [2.24, 2.45) is 0 Å². The maximum Gasteiger partial charge on any atom is 0.119 e. The van der Waals surface area contributed by atoms with Crippen molar-refractivity contribution in [1.29, 1.82) is 0 Å². The van der Waals surface area contributed by atoms with Crippen LogP contribution in [0.5, 0.6) is 5.75 Å². The summed E-state index contributed by atoms with van der Waals surface area (Å²) in [5, 5.41) is 18.3. The van der Waals surface area contributed by atoms with Gasteiger partial charge in [0.15, 0.2) is 0 Å². The highest BCUT2D eigenvalue weighted by Crippen LogP contribution is 2.19. The molecule has 0 saturated heterocycles. The highest BCUT2D eigenvalue weighted by molar-refractivity contribution is 5.73. The van der Waals surface area contributed by atoms with E-state index in [4.69, 9.17) is 4.74 Å². The minimum absolute atomic E-state index is 0.217.